The molecule has 1 atom stereocenters. The molecule has 4 nitrogen and oxygen atoms in total. The molecule has 2 aliphatic heterocycles. The minimum Gasteiger partial charge on any atom is -0.339 e. The molecule has 0 aromatic heterocycles. The van der Waals surface area contributed by atoms with Crippen molar-refractivity contribution in [3.05, 3.63) is 47.8 Å². The Balaban J connectivity index is 1.73. The number of hydrogen-bond donors (Lipinski definition) is 0. The van der Waals surface area contributed by atoms with Crippen molar-refractivity contribution < 1.29 is 9.18 Å². The van der Waals surface area contributed by atoms with E-state index in [9.17, 15) is 9.18 Å². The molecule has 0 radical (unpaired) electrons. The molecule has 2 fully saturated rings. The monoisotopic (exact) mass is 359 g/mol. The lowest BCUT2D eigenvalue weighted by molar-refractivity contribution is -0.130. The zero-order valence-corrected chi connectivity index (χ0v) is 16.0. The summed E-state index contributed by atoms with van der Waals surface area (Å²) in [6, 6.07) is 5.06. The van der Waals surface area contributed by atoms with E-state index in [0.29, 0.717) is 13.0 Å². The number of rotatable bonds is 4. The van der Waals surface area contributed by atoms with Gasteiger partial charge in [-0.25, -0.2) is 4.39 Å². The molecule has 2 saturated heterocycles. The van der Waals surface area contributed by atoms with E-state index in [1.807, 2.05) is 24.0 Å². The van der Waals surface area contributed by atoms with E-state index >= 15 is 0 Å². The molecule has 5 heteroatoms. The number of halogens is 1. The van der Waals surface area contributed by atoms with E-state index in [1.54, 1.807) is 12.1 Å². The fourth-order valence-corrected chi connectivity index (χ4v) is 4.34. The number of amides is 1. The molecule has 142 valence electrons. The summed E-state index contributed by atoms with van der Waals surface area (Å²) >= 11 is 0. The molecular weight excluding hydrogens is 329 g/mol. The van der Waals surface area contributed by atoms with Gasteiger partial charge in [0.2, 0.25) is 5.91 Å². The van der Waals surface area contributed by atoms with Crippen molar-refractivity contribution in [2.75, 3.05) is 39.8 Å². The van der Waals surface area contributed by atoms with Gasteiger partial charge in [-0.3, -0.25) is 14.6 Å². The van der Waals surface area contributed by atoms with E-state index < -0.39 is 0 Å². The maximum atomic E-state index is 13.4. The molecule has 0 bridgehead atoms. The Hall–Kier alpha value is -1.72. The first-order valence-corrected chi connectivity index (χ1v) is 9.51. The van der Waals surface area contributed by atoms with Crippen molar-refractivity contribution >= 4 is 5.91 Å². The third-order valence-corrected chi connectivity index (χ3v) is 6.13. The van der Waals surface area contributed by atoms with Crippen LogP contribution >= 0.6 is 0 Å². The molecule has 2 aliphatic rings. The van der Waals surface area contributed by atoms with Crippen molar-refractivity contribution in [3.8, 4) is 0 Å². The van der Waals surface area contributed by atoms with Crippen LogP contribution in [0.1, 0.15) is 30.4 Å². The number of carbonyl (C=O) groups excluding carboxylic acids is 1. The van der Waals surface area contributed by atoms with Crippen molar-refractivity contribution in [1.82, 2.24) is 14.7 Å². The summed E-state index contributed by atoms with van der Waals surface area (Å²) in [6.45, 7) is 11.0. The molecule has 1 spiro atoms. The summed E-state index contributed by atoms with van der Waals surface area (Å²) in [4.78, 5) is 19.2. The summed E-state index contributed by atoms with van der Waals surface area (Å²) in [5, 5.41) is 0. The Morgan fingerprint density at radius 1 is 1.27 bits per heavy atom. The average molecular weight is 359 g/mol. The van der Waals surface area contributed by atoms with Gasteiger partial charge in [0, 0.05) is 51.2 Å². The third-order valence-electron chi connectivity index (χ3n) is 6.13. The van der Waals surface area contributed by atoms with Gasteiger partial charge in [-0.2, -0.15) is 0 Å². The smallest absolute Gasteiger partial charge is 0.222 e. The molecule has 0 unspecified atom stereocenters. The van der Waals surface area contributed by atoms with Gasteiger partial charge >= 0.3 is 0 Å². The lowest BCUT2D eigenvalue weighted by Gasteiger charge is -2.49. The van der Waals surface area contributed by atoms with Crippen molar-refractivity contribution in [2.24, 2.45) is 0 Å². The summed E-state index contributed by atoms with van der Waals surface area (Å²) < 4.78 is 13.4. The van der Waals surface area contributed by atoms with E-state index in [-0.39, 0.29) is 17.3 Å². The lowest BCUT2D eigenvalue weighted by Crippen LogP contribution is -2.60. The Morgan fingerprint density at radius 3 is 2.81 bits per heavy atom. The van der Waals surface area contributed by atoms with Crippen LogP contribution in [0.5, 0.6) is 0 Å². The first kappa shape index (κ1) is 19.1. The highest BCUT2D eigenvalue weighted by Gasteiger charge is 2.42. The van der Waals surface area contributed by atoms with Gasteiger partial charge in [0.05, 0.1) is 0 Å². The van der Waals surface area contributed by atoms with Gasteiger partial charge in [-0.05, 0) is 50.1 Å². The standard InChI is InChI=1S/C21H30FN3O/c1-4-10-25-11-9-21(8-7-20(25)26)16-24(13-12-23(21)3)15-18-5-6-19(22)14-17(18)2/h4-6,14H,1,7-13,15-16H2,2-3H3/t21-/m1/s1. The van der Waals surface area contributed by atoms with Gasteiger partial charge in [0.1, 0.15) is 5.82 Å². The topological polar surface area (TPSA) is 26.8 Å². The highest BCUT2D eigenvalue weighted by molar-refractivity contribution is 5.76. The number of nitrogens with zero attached hydrogens (tertiary/aromatic N) is 3. The number of carbonyl (C=O) groups is 1. The van der Waals surface area contributed by atoms with Gasteiger partial charge in [0.15, 0.2) is 0 Å². The Morgan fingerprint density at radius 2 is 2.08 bits per heavy atom. The molecule has 1 amide bonds. The number of benzene rings is 1. The Labute approximate surface area is 156 Å². The maximum absolute atomic E-state index is 13.4. The lowest BCUT2D eigenvalue weighted by atomic mass is 9.86. The van der Waals surface area contributed by atoms with Crippen LogP contribution in [0, 0.1) is 12.7 Å². The molecule has 1 aromatic carbocycles. The van der Waals surface area contributed by atoms with Crippen LogP contribution in [0.4, 0.5) is 4.39 Å². The molecule has 0 aliphatic carbocycles. The minimum absolute atomic E-state index is 0.0394. The van der Waals surface area contributed by atoms with Crippen LogP contribution in [0.15, 0.2) is 30.9 Å². The van der Waals surface area contributed by atoms with E-state index in [2.05, 4.69) is 23.4 Å². The van der Waals surface area contributed by atoms with Crippen molar-refractivity contribution in [2.45, 2.75) is 38.3 Å². The zero-order valence-electron chi connectivity index (χ0n) is 16.0. The van der Waals surface area contributed by atoms with Crippen LogP contribution in [0.3, 0.4) is 0 Å². The molecular formula is C21H30FN3O. The predicted molar refractivity (Wildman–Crippen MR) is 102 cm³/mol. The fourth-order valence-electron chi connectivity index (χ4n) is 4.34. The molecule has 0 N–H and O–H groups in total. The maximum Gasteiger partial charge on any atom is 0.222 e. The molecule has 1 aromatic rings. The quantitative estimate of drug-likeness (QED) is 0.774. The molecule has 26 heavy (non-hydrogen) atoms. The Bertz CT molecular complexity index is 677. The number of aryl methyl sites for hydroxylation is 1. The van der Waals surface area contributed by atoms with Gasteiger partial charge in [-0.1, -0.05) is 12.1 Å². The van der Waals surface area contributed by atoms with Crippen LogP contribution in [-0.2, 0) is 11.3 Å². The van der Waals surface area contributed by atoms with E-state index in [4.69, 9.17) is 0 Å². The van der Waals surface area contributed by atoms with Gasteiger partial charge in [-0.15, -0.1) is 6.58 Å². The second-order valence-corrected chi connectivity index (χ2v) is 7.81. The largest absolute Gasteiger partial charge is 0.339 e. The normalized spacial score (nSPS) is 25.5. The van der Waals surface area contributed by atoms with Gasteiger partial charge < -0.3 is 4.90 Å². The number of hydrogen-bond acceptors (Lipinski definition) is 3. The third kappa shape index (κ3) is 3.99. The van der Waals surface area contributed by atoms with E-state index in [1.165, 1.54) is 5.56 Å². The fraction of sp³-hybridized carbons (Fsp3) is 0.571. The average Bonchev–Trinajstić information content (AvgIpc) is 2.76. The first-order chi connectivity index (χ1) is 12.4. The highest BCUT2D eigenvalue weighted by Crippen LogP contribution is 2.32. The van der Waals surface area contributed by atoms with Crippen molar-refractivity contribution in [1.29, 1.82) is 0 Å². The number of piperazine rings is 1. The van der Waals surface area contributed by atoms with Crippen molar-refractivity contribution in [3.63, 3.8) is 0 Å². The summed E-state index contributed by atoms with van der Waals surface area (Å²) in [5.41, 5.74) is 2.23. The van der Waals surface area contributed by atoms with Gasteiger partial charge in [0.25, 0.3) is 0 Å². The first-order valence-electron chi connectivity index (χ1n) is 9.51. The second-order valence-electron chi connectivity index (χ2n) is 7.81. The Kier molecular flexibility index (Phi) is 5.78. The molecule has 0 saturated carbocycles. The van der Waals surface area contributed by atoms with E-state index in [0.717, 1.165) is 51.1 Å². The highest BCUT2D eigenvalue weighted by atomic mass is 19.1. The minimum atomic E-state index is -0.175. The summed E-state index contributed by atoms with van der Waals surface area (Å²) in [6.07, 6.45) is 4.29. The predicted octanol–water partition coefficient (Wildman–Crippen LogP) is 2.82. The molecule has 3 rings (SSSR count). The van der Waals surface area contributed by atoms with Crippen LogP contribution < -0.4 is 0 Å². The van der Waals surface area contributed by atoms with Crippen LogP contribution in [-0.4, -0.2) is 65.9 Å². The van der Waals surface area contributed by atoms with Crippen LogP contribution in [0.2, 0.25) is 0 Å². The zero-order chi connectivity index (χ0) is 18.7. The number of likely N-dealkylation sites (tertiary alicyclic amines) is 1. The molecule has 2 heterocycles. The number of likely N-dealkylation sites (N-methyl/N-ethyl adjacent to an activating group) is 1. The van der Waals surface area contributed by atoms with Crippen LogP contribution in [0.25, 0.3) is 0 Å². The SMILES string of the molecule is C=CCN1CC[C@]2(CCC1=O)CN(Cc1ccc(F)cc1C)CCN2C. The summed E-state index contributed by atoms with van der Waals surface area (Å²) in [7, 11) is 2.19. The summed E-state index contributed by atoms with van der Waals surface area (Å²) in [5.74, 6) is 0.0624. The second kappa shape index (κ2) is 7.89.